The lowest BCUT2D eigenvalue weighted by Crippen LogP contribution is -2.34. The molecule has 1 N–H and O–H groups in total. The van der Waals surface area contributed by atoms with Crippen LogP contribution in [-0.4, -0.2) is 32.2 Å². The first-order valence-electron chi connectivity index (χ1n) is 9.27. The van der Waals surface area contributed by atoms with Gasteiger partial charge in [-0.25, -0.2) is 13.4 Å². The van der Waals surface area contributed by atoms with Crippen molar-refractivity contribution in [2.24, 2.45) is 5.92 Å². The van der Waals surface area contributed by atoms with Crippen LogP contribution in [0.2, 0.25) is 0 Å². The monoisotopic (exact) mass is 373 g/mol. The minimum absolute atomic E-state index is 0.104. The van der Waals surface area contributed by atoms with Gasteiger partial charge < -0.3 is 4.90 Å². The molecule has 0 radical (unpaired) electrons. The highest BCUT2D eigenvalue weighted by molar-refractivity contribution is 7.92. The Morgan fingerprint density at radius 1 is 1.19 bits per heavy atom. The zero-order chi connectivity index (χ0) is 18.4. The lowest BCUT2D eigenvalue weighted by Gasteiger charge is -2.31. The van der Waals surface area contributed by atoms with Gasteiger partial charge in [-0.3, -0.25) is 4.72 Å². The van der Waals surface area contributed by atoms with E-state index >= 15 is 0 Å². The molecule has 1 fully saturated rings. The van der Waals surface area contributed by atoms with Crippen molar-refractivity contribution in [1.29, 1.82) is 0 Å². The van der Waals surface area contributed by atoms with E-state index < -0.39 is 10.0 Å². The number of pyridine rings is 1. The van der Waals surface area contributed by atoms with E-state index in [1.165, 1.54) is 12.8 Å². The van der Waals surface area contributed by atoms with Gasteiger partial charge >= 0.3 is 0 Å². The Morgan fingerprint density at radius 2 is 2.00 bits per heavy atom. The van der Waals surface area contributed by atoms with E-state index in [0.717, 1.165) is 30.9 Å². The third-order valence-electron chi connectivity index (χ3n) is 4.72. The van der Waals surface area contributed by atoms with E-state index in [4.69, 9.17) is 0 Å². The maximum Gasteiger partial charge on any atom is 0.232 e. The summed E-state index contributed by atoms with van der Waals surface area (Å²) in [5.41, 5.74) is 1.68. The number of rotatable bonds is 7. The summed E-state index contributed by atoms with van der Waals surface area (Å²) in [5.74, 6) is 1.70. The van der Waals surface area contributed by atoms with Gasteiger partial charge in [-0.2, -0.15) is 0 Å². The smallest absolute Gasteiger partial charge is 0.232 e. The Balaban J connectivity index is 1.52. The topological polar surface area (TPSA) is 62.3 Å². The molecule has 0 saturated carbocycles. The van der Waals surface area contributed by atoms with Crippen LogP contribution in [0.5, 0.6) is 0 Å². The van der Waals surface area contributed by atoms with Crippen molar-refractivity contribution in [1.82, 2.24) is 4.98 Å². The summed E-state index contributed by atoms with van der Waals surface area (Å²) in [5, 5.41) is 0. The Labute approximate surface area is 156 Å². The van der Waals surface area contributed by atoms with Crippen LogP contribution in [0.4, 0.5) is 11.5 Å². The second-order valence-corrected chi connectivity index (χ2v) is 8.95. The second-order valence-electron chi connectivity index (χ2n) is 7.11. The van der Waals surface area contributed by atoms with Crippen LogP contribution in [-0.2, 0) is 16.4 Å². The van der Waals surface area contributed by atoms with Crippen LogP contribution in [0.1, 0.15) is 31.7 Å². The number of sulfonamides is 1. The number of aromatic nitrogens is 1. The summed E-state index contributed by atoms with van der Waals surface area (Å²) in [6, 6.07) is 13.6. The van der Waals surface area contributed by atoms with Crippen LogP contribution in [0.25, 0.3) is 0 Å². The number of hydrogen-bond donors (Lipinski definition) is 1. The molecule has 1 atom stereocenters. The zero-order valence-electron chi connectivity index (χ0n) is 15.3. The van der Waals surface area contributed by atoms with Crippen LogP contribution in [0.15, 0.2) is 48.7 Å². The van der Waals surface area contributed by atoms with Gasteiger partial charge in [0.05, 0.1) is 17.6 Å². The summed E-state index contributed by atoms with van der Waals surface area (Å²) >= 11 is 0. The van der Waals surface area contributed by atoms with E-state index in [1.807, 2.05) is 36.4 Å². The third-order valence-corrected chi connectivity index (χ3v) is 6.10. The predicted molar refractivity (Wildman–Crippen MR) is 107 cm³/mol. The highest BCUT2D eigenvalue weighted by Gasteiger charge is 2.17. The van der Waals surface area contributed by atoms with E-state index in [1.54, 1.807) is 12.3 Å². The lowest BCUT2D eigenvalue weighted by molar-refractivity contribution is 0.444. The van der Waals surface area contributed by atoms with E-state index in [9.17, 15) is 8.42 Å². The SMILES string of the molecule is CC1CCCN(c2ccc(NS(=O)(=O)CCCc3ccccc3)cn2)C1. The first-order valence-corrected chi connectivity index (χ1v) is 10.9. The molecule has 140 valence electrons. The van der Waals surface area contributed by atoms with Crippen molar-refractivity contribution in [2.75, 3.05) is 28.5 Å². The Kier molecular flexibility index (Phi) is 6.14. The second kappa shape index (κ2) is 8.54. The molecule has 3 rings (SSSR count). The van der Waals surface area contributed by atoms with Crippen molar-refractivity contribution in [3.63, 3.8) is 0 Å². The lowest BCUT2D eigenvalue weighted by atomic mass is 10.0. The average Bonchev–Trinajstić information content (AvgIpc) is 2.63. The quantitative estimate of drug-likeness (QED) is 0.804. The van der Waals surface area contributed by atoms with Gasteiger partial charge in [-0.15, -0.1) is 0 Å². The number of aryl methyl sites for hydroxylation is 1. The first kappa shape index (κ1) is 18.7. The van der Waals surface area contributed by atoms with Crippen LogP contribution < -0.4 is 9.62 Å². The predicted octanol–water partition coefficient (Wildman–Crippen LogP) is 3.69. The van der Waals surface area contributed by atoms with Gasteiger partial charge in [-0.05, 0) is 49.3 Å². The molecule has 6 heteroatoms. The molecule has 1 aliphatic heterocycles. The Morgan fingerprint density at radius 3 is 2.69 bits per heavy atom. The molecule has 1 aromatic carbocycles. The Bertz CT molecular complexity index is 792. The van der Waals surface area contributed by atoms with Crippen molar-refractivity contribution in [2.45, 2.75) is 32.6 Å². The number of anilines is 2. The van der Waals surface area contributed by atoms with E-state index in [2.05, 4.69) is 21.5 Å². The van der Waals surface area contributed by atoms with Crippen molar-refractivity contribution < 1.29 is 8.42 Å². The van der Waals surface area contributed by atoms with Crippen molar-refractivity contribution >= 4 is 21.5 Å². The normalized spacial score (nSPS) is 17.9. The fourth-order valence-electron chi connectivity index (χ4n) is 3.37. The van der Waals surface area contributed by atoms with Gasteiger partial charge in [0.15, 0.2) is 0 Å². The molecule has 2 heterocycles. The average molecular weight is 374 g/mol. The van der Waals surface area contributed by atoms with Crippen LogP contribution in [0.3, 0.4) is 0 Å². The zero-order valence-corrected chi connectivity index (χ0v) is 16.1. The van der Waals surface area contributed by atoms with E-state index in [0.29, 0.717) is 18.0 Å². The largest absolute Gasteiger partial charge is 0.356 e. The standard InChI is InChI=1S/C20H27N3O2S/c1-17-7-5-13-23(16-17)20-12-11-19(15-21-20)22-26(24,25)14-6-10-18-8-3-2-4-9-18/h2-4,8-9,11-12,15,17,22H,5-7,10,13-14,16H2,1H3. The number of hydrogen-bond acceptors (Lipinski definition) is 4. The maximum atomic E-state index is 12.3. The number of piperidine rings is 1. The molecule has 26 heavy (non-hydrogen) atoms. The molecule has 2 aromatic rings. The highest BCUT2D eigenvalue weighted by Crippen LogP contribution is 2.22. The minimum Gasteiger partial charge on any atom is -0.356 e. The van der Waals surface area contributed by atoms with Gasteiger partial charge in [0.2, 0.25) is 10.0 Å². The summed E-state index contributed by atoms with van der Waals surface area (Å²) in [7, 11) is -3.35. The maximum absolute atomic E-state index is 12.3. The van der Waals surface area contributed by atoms with Gasteiger partial charge in [0.1, 0.15) is 5.82 Å². The van der Waals surface area contributed by atoms with Crippen LogP contribution in [0, 0.1) is 5.92 Å². The molecule has 1 saturated heterocycles. The molecule has 0 aliphatic carbocycles. The molecule has 1 aromatic heterocycles. The molecule has 0 bridgehead atoms. The number of nitrogens with zero attached hydrogens (tertiary/aromatic N) is 2. The molecule has 5 nitrogen and oxygen atoms in total. The van der Waals surface area contributed by atoms with Gasteiger partial charge in [0, 0.05) is 13.1 Å². The van der Waals surface area contributed by atoms with Crippen molar-refractivity contribution in [3.8, 4) is 0 Å². The molecular formula is C20H27N3O2S. The minimum atomic E-state index is -3.35. The first-order chi connectivity index (χ1) is 12.5. The van der Waals surface area contributed by atoms with Crippen LogP contribution >= 0.6 is 0 Å². The molecular weight excluding hydrogens is 346 g/mol. The summed E-state index contributed by atoms with van der Waals surface area (Å²) in [4.78, 5) is 6.72. The molecule has 0 amide bonds. The van der Waals surface area contributed by atoms with E-state index in [-0.39, 0.29) is 5.75 Å². The summed E-state index contributed by atoms with van der Waals surface area (Å²) in [6.07, 6.45) is 5.40. The Hall–Kier alpha value is -2.08. The molecule has 1 unspecified atom stereocenters. The highest BCUT2D eigenvalue weighted by atomic mass is 32.2. The van der Waals surface area contributed by atoms with Gasteiger partial charge in [0.25, 0.3) is 0 Å². The molecule has 1 aliphatic rings. The number of benzene rings is 1. The molecule has 0 spiro atoms. The third kappa shape index (κ3) is 5.46. The fraction of sp³-hybridized carbons (Fsp3) is 0.450. The number of nitrogens with one attached hydrogen (secondary N) is 1. The van der Waals surface area contributed by atoms with Crippen molar-refractivity contribution in [3.05, 3.63) is 54.2 Å². The fourth-order valence-corrected chi connectivity index (χ4v) is 4.48. The summed E-state index contributed by atoms with van der Waals surface area (Å²) < 4.78 is 27.2. The van der Waals surface area contributed by atoms with Gasteiger partial charge in [-0.1, -0.05) is 37.3 Å². The summed E-state index contributed by atoms with van der Waals surface area (Å²) in [6.45, 7) is 4.28.